The fraction of sp³-hybridized carbons (Fsp3) is 0.438. The normalized spacial score (nSPS) is 18.3. The molecule has 3 heteroatoms. The van der Waals surface area contributed by atoms with Crippen molar-refractivity contribution in [3.63, 3.8) is 0 Å². The first kappa shape index (κ1) is 12.4. The van der Waals surface area contributed by atoms with Crippen molar-refractivity contribution in [2.45, 2.75) is 45.7 Å². The van der Waals surface area contributed by atoms with Gasteiger partial charge in [0.2, 0.25) is 0 Å². The van der Waals surface area contributed by atoms with Gasteiger partial charge in [0.1, 0.15) is 0 Å². The molecule has 0 aliphatic heterocycles. The Kier molecular flexibility index (Phi) is 3.38. The second-order valence-corrected chi connectivity index (χ2v) is 5.50. The van der Waals surface area contributed by atoms with Crippen molar-refractivity contribution in [2.24, 2.45) is 0 Å². The van der Waals surface area contributed by atoms with Gasteiger partial charge in [-0.1, -0.05) is 24.3 Å². The van der Waals surface area contributed by atoms with Crippen LogP contribution in [0.15, 0.2) is 24.3 Å². The smallest absolute Gasteiger partial charge is 0.0638 e. The topological polar surface area (TPSA) is 40.7 Å². The molecule has 0 saturated carbocycles. The average molecular weight is 255 g/mol. The maximum Gasteiger partial charge on any atom is 0.0638 e. The Labute approximate surface area is 114 Å². The molecule has 3 rings (SSSR count). The number of nitrogens with one attached hydrogen (secondary N) is 2. The highest BCUT2D eigenvalue weighted by Crippen LogP contribution is 2.21. The standard InChI is InChI=1S/C16H21N3/c1-11-16(12(2)19-18-11)10-17-15-8-7-13-5-3-4-6-14(13)9-15/h3-6,15,17H,7-10H2,1-2H3,(H,18,19). The van der Waals surface area contributed by atoms with Crippen molar-refractivity contribution in [3.05, 3.63) is 52.3 Å². The molecule has 0 radical (unpaired) electrons. The summed E-state index contributed by atoms with van der Waals surface area (Å²) in [6.45, 7) is 5.07. The van der Waals surface area contributed by atoms with Crippen molar-refractivity contribution < 1.29 is 0 Å². The highest BCUT2D eigenvalue weighted by atomic mass is 15.1. The molecular weight excluding hydrogens is 234 g/mol. The van der Waals surface area contributed by atoms with Gasteiger partial charge in [0.25, 0.3) is 0 Å². The lowest BCUT2D eigenvalue weighted by molar-refractivity contribution is 0.456. The van der Waals surface area contributed by atoms with E-state index in [1.165, 1.54) is 35.2 Å². The van der Waals surface area contributed by atoms with E-state index in [-0.39, 0.29) is 0 Å². The summed E-state index contributed by atoms with van der Waals surface area (Å²) in [5.41, 5.74) is 6.64. The molecule has 19 heavy (non-hydrogen) atoms. The number of aromatic amines is 1. The van der Waals surface area contributed by atoms with Gasteiger partial charge in [0.05, 0.1) is 5.69 Å². The van der Waals surface area contributed by atoms with E-state index in [0.29, 0.717) is 6.04 Å². The largest absolute Gasteiger partial charge is 0.309 e. The van der Waals surface area contributed by atoms with Crippen LogP contribution in [-0.4, -0.2) is 16.2 Å². The van der Waals surface area contributed by atoms with E-state index in [1.54, 1.807) is 0 Å². The fourth-order valence-electron chi connectivity index (χ4n) is 2.95. The summed E-state index contributed by atoms with van der Waals surface area (Å²) < 4.78 is 0. The lowest BCUT2D eigenvalue weighted by atomic mass is 9.88. The minimum Gasteiger partial charge on any atom is -0.309 e. The molecule has 3 nitrogen and oxygen atoms in total. The Hall–Kier alpha value is -1.61. The highest BCUT2D eigenvalue weighted by Gasteiger charge is 2.18. The van der Waals surface area contributed by atoms with Crippen LogP contribution in [-0.2, 0) is 19.4 Å². The molecule has 1 aromatic carbocycles. The average Bonchev–Trinajstić information content (AvgIpc) is 2.76. The minimum atomic E-state index is 0.587. The summed E-state index contributed by atoms with van der Waals surface area (Å²) in [5, 5.41) is 11.0. The number of nitrogens with zero attached hydrogens (tertiary/aromatic N) is 1. The van der Waals surface area contributed by atoms with Gasteiger partial charge in [-0.25, -0.2) is 0 Å². The van der Waals surface area contributed by atoms with E-state index < -0.39 is 0 Å². The van der Waals surface area contributed by atoms with Gasteiger partial charge in [0.15, 0.2) is 0 Å². The van der Waals surface area contributed by atoms with Crippen molar-refractivity contribution in [1.82, 2.24) is 15.5 Å². The highest BCUT2D eigenvalue weighted by molar-refractivity contribution is 5.30. The van der Waals surface area contributed by atoms with Gasteiger partial charge in [-0.15, -0.1) is 0 Å². The van der Waals surface area contributed by atoms with Crippen molar-refractivity contribution in [3.8, 4) is 0 Å². The number of aryl methyl sites for hydroxylation is 3. The van der Waals surface area contributed by atoms with Crippen molar-refractivity contribution >= 4 is 0 Å². The molecule has 100 valence electrons. The first-order valence-corrected chi connectivity index (χ1v) is 7.04. The zero-order valence-electron chi connectivity index (χ0n) is 11.7. The summed E-state index contributed by atoms with van der Waals surface area (Å²) in [6.07, 6.45) is 3.57. The maximum absolute atomic E-state index is 4.25. The van der Waals surface area contributed by atoms with Crippen LogP contribution in [0.4, 0.5) is 0 Å². The van der Waals surface area contributed by atoms with E-state index in [1.807, 2.05) is 0 Å². The van der Waals surface area contributed by atoms with Crippen LogP contribution in [0.2, 0.25) is 0 Å². The van der Waals surface area contributed by atoms with Gasteiger partial charge < -0.3 is 5.32 Å². The number of fused-ring (bicyclic) bond motifs is 1. The molecule has 1 heterocycles. The lowest BCUT2D eigenvalue weighted by Gasteiger charge is -2.25. The van der Waals surface area contributed by atoms with E-state index in [2.05, 4.69) is 53.6 Å². The van der Waals surface area contributed by atoms with Crippen LogP contribution in [0.3, 0.4) is 0 Å². The zero-order valence-corrected chi connectivity index (χ0v) is 11.7. The third-order valence-corrected chi connectivity index (χ3v) is 4.20. The van der Waals surface area contributed by atoms with Gasteiger partial charge in [-0.3, -0.25) is 5.10 Å². The quantitative estimate of drug-likeness (QED) is 0.885. The van der Waals surface area contributed by atoms with Crippen LogP contribution in [0.5, 0.6) is 0 Å². The van der Waals surface area contributed by atoms with Gasteiger partial charge in [-0.2, -0.15) is 5.10 Å². The Morgan fingerprint density at radius 2 is 2.05 bits per heavy atom. The summed E-state index contributed by atoms with van der Waals surface area (Å²) in [6, 6.07) is 9.40. The molecule has 2 aromatic rings. The van der Waals surface area contributed by atoms with Crippen LogP contribution >= 0.6 is 0 Å². The Morgan fingerprint density at radius 3 is 2.79 bits per heavy atom. The zero-order chi connectivity index (χ0) is 13.2. The number of hydrogen-bond acceptors (Lipinski definition) is 2. The molecule has 0 spiro atoms. The summed E-state index contributed by atoms with van der Waals surface area (Å²) in [4.78, 5) is 0. The van der Waals surface area contributed by atoms with E-state index in [4.69, 9.17) is 0 Å². The Bertz CT molecular complexity index is 552. The molecule has 0 amide bonds. The molecular formula is C16H21N3. The second kappa shape index (κ2) is 5.17. The predicted octanol–water partition coefficient (Wildman–Crippen LogP) is 2.67. The molecule has 1 aromatic heterocycles. The fourth-order valence-corrected chi connectivity index (χ4v) is 2.95. The molecule has 0 saturated heterocycles. The molecule has 2 N–H and O–H groups in total. The van der Waals surface area contributed by atoms with E-state index in [9.17, 15) is 0 Å². The van der Waals surface area contributed by atoms with E-state index in [0.717, 1.165) is 18.7 Å². The number of H-pyrrole nitrogens is 1. The number of benzene rings is 1. The third-order valence-electron chi connectivity index (χ3n) is 4.20. The second-order valence-electron chi connectivity index (χ2n) is 5.50. The molecule has 0 fully saturated rings. The molecule has 1 atom stereocenters. The predicted molar refractivity (Wildman–Crippen MR) is 77.2 cm³/mol. The first-order valence-electron chi connectivity index (χ1n) is 7.04. The van der Waals surface area contributed by atoms with Crippen molar-refractivity contribution in [1.29, 1.82) is 0 Å². The summed E-state index contributed by atoms with van der Waals surface area (Å²) in [5.74, 6) is 0. The number of hydrogen-bond donors (Lipinski definition) is 2. The minimum absolute atomic E-state index is 0.587. The Balaban J connectivity index is 1.64. The van der Waals surface area contributed by atoms with Crippen LogP contribution in [0.25, 0.3) is 0 Å². The summed E-state index contributed by atoms with van der Waals surface area (Å²) >= 11 is 0. The van der Waals surface area contributed by atoms with Crippen LogP contribution in [0.1, 0.15) is 34.5 Å². The molecule has 1 unspecified atom stereocenters. The van der Waals surface area contributed by atoms with Crippen molar-refractivity contribution in [2.75, 3.05) is 0 Å². The maximum atomic E-state index is 4.25. The van der Waals surface area contributed by atoms with E-state index >= 15 is 0 Å². The number of rotatable bonds is 3. The first-order chi connectivity index (χ1) is 9.24. The Morgan fingerprint density at radius 1 is 1.26 bits per heavy atom. The van der Waals surface area contributed by atoms with Gasteiger partial charge in [-0.05, 0) is 44.2 Å². The lowest BCUT2D eigenvalue weighted by Crippen LogP contribution is -2.34. The molecule has 0 bridgehead atoms. The SMILES string of the molecule is Cc1n[nH]c(C)c1CNC1CCc2ccccc2C1. The molecule has 1 aliphatic carbocycles. The molecule has 1 aliphatic rings. The monoisotopic (exact) mass is 255 g/mol. The third kappa shape index (κ3) is 2.56. The van der Waals surface area contributed by atoms with Gasteiger partial charge >= 0.3 is 0 Å². The van der Waals surface area contributed by atoms with Gasteiger partial charge in [0, 0.05) is 23.8 Å². The number of aromatic nitrogens is 2. The van der Waals surface area contributed by atoms with Crippen LogP contribution < -0.4 is 5.32 Å². The van der Waals surface area contributed by atoms with Crippen LogP contribution in [0, 0.1) is 13.8 Å². The summed E-state index contributed by atoms with van der Waals surface area (Å²) in [7, 11) is 0.